The maximum absolute atomic E-state index is 4.61. The van der Waals surface area contributed by atoms with Crippen molar-refractivity contribution in [3.63, 3.8) is 0 Å². The number of hydrogen-bond acceptors (Lipinski definition) is 2. The average molecular weight is 437 g/mol. The van der Waals surface area contributed by atoms with Gasteiger partial charge in [0.05, 0.1) is 11.4 Å². The molecule has 5 rings (SSSR count). The number of pyridine rings is 2. The Bertz CT molecular complexity index is 1330. The van der Waals surface area contributed by atoms with E-state index in [0.717, 1.165) is 33.6 Å². The van der Waals surface area contributed by atoms with E-state index < -0.39 is 0 Å². The van der Waals surface area contributed by atoms with Gasteiger partial charge >= 0.3 is 0 Å². The topological polar surface area (TPSA) is 25.8 Å². The van der Waals surface area contributed by atoms with Crippen LogP contribution < -0.4 is 0 Å². The molecule has 2 heteroatoms. The summed E-state index contributed by atoms with van der Waals surface area (Å²) in [5.41, 5.74) is 8.61. The van der Waals surface area contributed by atoms with Crippen LogP contribution in [0.1, 0.15) is 22.3 Å². The number of rotatable bonds is 6. The van der Waals surface area contributed by atoms with Crippen LogP contribution in [0.25, 0.3) is 46.8 Å². The van der Waals surface area contributed by atoms with Crippen LogP contribution in [0.2, 0.25) is 0 Å². The van der Waals surface area contributed by atoms with E-state index >= 15 is 0 Å². The van der Waals surface area contributed by atoms with Crippen LogP contribution in [0.3, 0.4) is 0 Å². The van der Waals surface area contributed by atoms with Gasteiger partial charge in [-0.1, -0.05) is 103 Å². The van der Waals surface area contributed by atoms with Gasteiger partial charge in [0.25, 0.3) is 0 Å². The van der Waals surface area contributed by atoms with Crippen molar-refractivity contribution in [1.82, 2.24) is 9.97 Å². The lowest BCUT2D eigenvalue weighted by atomic mass is 10.0. The molecule has 0 amide bonds. The quantitative estimate of drug-likeness (QED) is 0.268. The summed E-state index contributed by atoms with van der Waals surface area (Å²) >= 11 is 0. The minimum Gasteiger partial charge on any atom is -0.256 e. The van der Waals surface area contributed by atoms with Gasteiger partial charge in [-0.3, -0.25) is 9.97 Å². The maximum Gasteiger partial charge on any atom is 0.0708 e. The molecule has 0 aliphatic heterocycles. The van der Waals surface area contributed by atoms with Crippen molar-refractivity contribution in [2.75, 3.05) is 0 Å². The molecule has 0 aliphatic carbocycles. The predicted octanol–water partition coefficient (Wildman–Crippen LogP) is 8.15. The van der Waals surface area contributed by atoms with Gasteiger partial charge < -0.3 is 0 Å². The molecule has 2 aromatic heterocycles. The summed E-state index contributed by atoms with van der Waals surface area (Å²) in [5, 5.41) is 0. The van der Waals surface area contributed by atoms with E-state index in [2.05, 4.69) is 94.9 Å². The van der Waals surface area contributed by atoms with E-state index in [0.29, 0.717) is 0 Å². The summed E-state index contributed by atoms with van der Waals surface area (Å²) in [5.74, 6) is 0. The smallest absolute Gasteiger partial charge is 0.0708 e. The van der Waals surface area contributed by atoms with Crippen molar-refractivity contribution in [2.45, 2.75) is 0 Å². The van der Waals surface area contributed by atoms with Crippen molar-refractivity contribution in [3.05, 3.63) is 144 Å². The van der Waals surface area contributed by atoms with Crippen LogP contribution in [0.4, 0.5) is 0 Å². The van der Waals surface area contributed by atoms with Crippen LogP contribution in [0, 0.1) is 0 Å². The van der Waals surface area contributed by atoms with Crippen molar-refractivity contribution in [3.8, 4) is 22.5 Å². The molecule has 162 valence electrons. The molecule has 34 heavy (non-hydrogen) atoms. The van der Waals surface area contributed by atoms with E-state index in [1.165, 1.54) is 11.1 Å². The molecule has 0 atom stereocenters. The molecule has 0 bridgehead atoms. The maximum atomic E-state index is 4.61. The van der Waals surface area contributed by atoms with Crippen molar-refractivity contribution in [1.29, 1.82) is 0 Å². The lowest BCUT2D eigenvalue weighted by molar-refractivity contribution is 1.30. The molecule has 0 saturated heterocycles. The third-order valence-electron chi connectivity index (χ3n) is 5.56. The Morgan fingerprint density at radius 2 is 0.824 bits per heavy atom. The standard InChI is InChI=1S/C32H24N2/c1-3-8-25(9-4-1)14-16-27-18-20-33-31(22-27)29-12-7-13-30(24-29)32-23-28(19-21-34-32)17-15-26-10-5-2-6-11-26/h1-24H/b16-14+,17-15+. The second kappa shape index (κ2) is 10.4. The van der Waals surface area contributed by atoms with Crippen LogP contribution in [-0.2, 0) is 0 Å². The fourth-order valence-electron chi connectivity index (χ4n) is 3.77. The average Bonchev–Trinajstić information content (AvgIpc) is 2.92. The first-order valence-corrected chi connectivity index (χ1v) is 11.3. The molecule has 2 nitrogen and oxygen atoms in total. The van der Waals surface area contributed by atoms with Gasteiger partial charge in [0.1, 0.15) is 0 Å². The lowest BCUT2D eigenvalue weighted by Crippen LogP contribution is -1.88. The fraction of sp³-hybridized carbons (Fsp3) is 0. The Labute approximate surface area is 200 Å². The van der Waals surface area contributed by atoms with Crippen LogP contribution in [0.5, 0.6) is 0 Å². The molecular weight excluding hydrogens is 412 g/mol. The summed E-state index contributed by atoms with van der Waals surface area (Å²) in [6.07, 6.45) is 12.2. The van der Waals surface area contributed by atoms with Gasteiger partial charge in [0.15, 0.2) is 0 Å². The molecule has 0 spiro atoms. The van der Waals surface area contributed by atoms with Crippen LogP contribution in [0.15, 0.2) is 122 Å². The Morgan fingerprint density at radius 3 is 1.29 bits per heavy atom. The van der Waals surface area contributed by atoms with Gasteiger partial charge in [-0.05, 0) is 52.6 Å². The first-order chi connectivity index (χ1) is 16.8. The highest BCUT2D eigenvalue weighted by atomic mass is 14.7. The minimum absolute atomic E-state index is 0.942. The number of benzene rings is 3. The zero-order valence-electron chi connectivity index (χ0n) is 18.8. The number of hydrogen-bond donors (Lipinski definition) is 0. The Morgan fingerprint density at radius 1 is 0.382 bits per heavy atom. The highest BCUT2D eigenvalue weighted by Crippen LogP contribution is 2.26. The summed E-state index contributed by atoms with van der Waals surface area (Å²) < 4.78 is 0. The van der Waals surface area contributed by atoms with Crippen LogP contribution >= 0.6 is 0 Å². The Kier molecular flexibility index (Phi) is 6.50. The minimum atomic E-state index is 0.942. The molecular formula is C32H24N2. The van der Waals surface area contributed by atoms with E-state index in [4.69, 9.17) is 0 Å². The molecule has 0 saturated carbocycles. The molecule has 5 aromatic rings. The second-order valence-electron chi connectivity index (χ2n) is 8.02. The van der Waals surface area contributed by atoms with Gasteiger partial charge in [0, 0.05) is 23.5 Å². The highest BCUT2D eigenvalue weighted by Gasteiger charge is 2.05. The van der Waals surface area contributed by atoms with Gasteiger partial charge in [-0.25, -0.2) is 0 Å². The fourth-order valence-corrected chi connectivity index (χ4v) is 3.77. The predicted molar refractivity (Wildman–Crippen MR) is 144 cm³/mol. The van der Waals surface area contributed by atoms with Gasteiger partial charge in [-0.15, -0.1) is 0 Å². The van der Waals surface area contributed by atoms with Gasteiger partial charge in [-0.2, -0.15) is 0 Å². The molecule has 0 radical (unpaired) electrons. The largest absolute Gasteiger partial charge is 0.256 e. The Hall–Kier alpha value is -4.56. The molecule has 2 heterocycles. The monoisotopic (exact) mass is 436 g/mol. The van der Waals surface area contributed by atoms with Crippen molar-refractivity contribution >= 4 is 24.3 Å². The first-order valence-electron chi connectivity index (χ1n) is 11.3. The van der Waals surface area contributed by atoms with Crippen LogP contribution in [-0.4, -0.2) is 9.97 Å². The third kappa shape index (κ3) is 5.43. The van der Waals surface area contributed by atoms with E-state index in [-0.39, 0.29) is 0 Å². The highest BCUT2D eigenvalue weighted by molar-refractivity contribution is 5.76. The zero-order valence-corrected chi connectivity index (χ0v) is 18.8. The first kappa shape index (κ1) is 21.3. The van der Waals surface area contributed by atoms with Crippen molar-refractivity contribution in [2.24, 2.45) is 0 Å². The summed E-state index contributed by atoms with van der Waals surface area (Å²) in [7, 11) is 0. The number of nitrogens with zero attached hydrogens (tertiary/aromatic N) is 2. The Balaban J connectivity index is 1.39. The van der Waals surface area contributed by atoms with Crippen molar-refractivity contribution < 1.29 is 0 Å². The van der Waals surface area contributed by atoms with E-state index in [1.807, 2.05) is 60.9 Å². The van der Waals surface area contributed by atoms with E-state index in [9.17, 15) is 0 Å². The van der Waals surface area contributed by atoms with E-state index in [1.54, 1.807) is 0 Å². The summed E-state index contributed by atoms with van der Waals surface area (Å²) in [6, 6.07) is 37.3. The normalized spacial score (nSPS) is 11.3. The zero-order chi connectivity index (χ0) is 23.0. The van der Waals surface area contributed by atoms with Gasteiger partial charge in [0.2, 0.25) is 0 Å². The lowest BCUT2D eigenvalue weighted by Gasteiger charge is -2.07. The molecule has 0 fully saturated rings. The number of aromatic nitrogens is 2. The molecule has 3 aromatic carbocycles. The molecule has 0 aliphatic rings. The molecule has 0 unspecified atom stereocenters. The second-order valence-corrected chi connectivity index (χ2v) is 8.02. The molecule has 0 N–H and O–H groups in total. The SMILES string of the molecule is C(=C\c1ccnc(-c2cccc(-c3cc(/C=C/c4ccccc4)ccn3)c2)c1)/c1ccccc1. The summed E-state index contributed by atoms with van der Waals surface area (Å²) in [6.45, 7) is 0. The summed E-state index contributed by atoms with van der Waals surface area (Å²) in [4.78, 5) is 9.23. The third-order valence-corrected chi connectivity index (χ3v) is 5.56.